The molecule has 0 saturated heterocycles. The van der Waals surface area contributed by atoms with Crippen molar-refractivity contribution in [1.82, 2.24) is 0 Å². The number of halogens is 1. The second kappa shape index (κ2) is 7.75. The summed E-state index contributed by atoms with van der Waals surface area (Å²) in [4.78, 5) is 11.8. The third kappa shape index (κ3) is 5.48. The number of hydrogen-bond donors (Lipinski definition) is 0. The fraction of sp³-hybridized carbons (Fsp3) is 0.235. The molecule has 0 aliphatic rings. The molecule has 0 aliphatic carbocycles. The second-order valence-electron chi connectivity index (χ2n) is 5.22. The van der Waals surface area contributed by atoms with E-state index in [-0.39, 0.29) is 16.9 Å². The smallest absolute Gasteiger partial charge is 0.173 e. The highest BCUT2D eigenvalue weighted by atomic mass is 79.9. The predicted octanol–water partition coefficient (Wildman–Crippen LogP) is 3.39. The summed E-state index contributed by atoms with van der Waals surface area (Å²) in [6, 6.07) is 14.5. The summed E-state index contributed by atoms with van der Waals surface area (Å²) in [6.45, 7) is 0.337. The van der Waals surface area contributed by atoms with Crippen LogP contribution < -0.4 is 4.74 Å². The lowest BCUT2D eigenvalue weighted by Gasteiger charge is -2.12. The van der Waals surface area contributed by atoms with E-state index in [9.17, 15) is 13.2 Å². The number of carbonyl (C=O) groups excluding carboxylic acids is 1. The summed E-state index contributed by atoms with van der Waals surface area (Å²) in [5.41, 5.74) is 1.95. The zero-order valence-corrected chi connectivity index (χ0v) is 15.1. The molecule has 0 saturated carbocycles. The van der Waals surface area contributed by atoms with Crippen molar-refractivity contribution >= 4 is 31.6 Å². The second-order valence-corrected chi connectivity index (χ2v) is 7.92. The van der Waals surface area contributed by atoms with Crippen LogP contribution in [0.2, 0.25) is 0 Å². The molecule has 0 fully saturated rings. The number of carbonyl (C=O) groups is 1. The highest BCUT2D eigenvalue weighted by molar-refractivity contribution is 9.09. The van der Waals surface area contributed by atoms with Crippen molar-refractivity contribution in [2.75, 3.05) is 11.6 Å². The maximum Gasteiger partial charge on any atom is 0.173 e. The Morgan fingerprint density at radius 3 is 2.43 bits per heavy atom. The molecule has 122 valence electrons. The lowest BCUT2D eigenvalue weighted by molar-refractivity contribution is 0.102. The van der Waals surface area contributed by atoms with Gasteiger partial charge >= 0.3 is 0 Å². The fourth-order valence-corrected chi connectivity index (χ4v) is 3.22. The van der Waals surface area contributed by atoms with Crippen LogP contribution in [0, 0.1) is 0 Å². The van der Waals surface area contributed by atoms with Gasteiger partial charge in [-0.25, -0.2) is 8.42 Å². The van der Waals surface area contributed by atoms with Crippen molar-refractivity contribution in [1.29, 1.82) is 0 Å². The third-order valence-electron chi connectivity index (χ3n) is 3.16. The standard InChI is InChI=1S/C17H17BrO4S/c1-23(20,21)12-15-9-14(16(19)10-18)7-8-17(15)22-11-13-5-3-2-4-6-13/h2-9H,10-12H2,1H3. The minimum absolute atomic E-state index is 0.102. The normalized spacial score (nSPS) is 11.2. The van der Waals surface area contributed by atoms with E-state index in [1.807, 2.05) is 30.3 Å². The van der Waals surface area contributed by atoms with Gasteiger partial charge in [-0.1, -0.05) is 46.3 Å². The van der Waals surface area contributed by atoms with Crippen LogP contribution in [0.4, 0.5) is 0 Å². The molecule has 4 nitrogen and oxygen atoms in total. The molecule has 0 amide bonds. The molecule has 0 aliphatic heterocycles. The van der Waals surface area contributed by atoms with Crippen molar-refractivity contribution in [2.45, 2.75) is 12.4 Å². The number of rotatable bonds is 7. The van der Waals surface area contributed by atoms with Crippen LogP contribution in [0.1, 0.15) is 21.5 Å². The van der Waals surface area contributed by atoms with E-state index < -0.39 is 9.84 Å². The Morgan fingerprint density at radius 1 is 1.13 bits per heavy atom. The number of hydrogen-bond acceptors (Lipinski definition) is 4. The Balaban J connectivity index is 2.28. The van der Waals surface area contributed by atoms with E-state index in [1.54, 1.807) is 18.2 Å². The van der Waals surface area contributed by atoms with Crippen LogP contribution in [0.15, 0.2) is 48.5 Å². The van der Waals surface area contributed by atoms with Gasteiger partial charge in [0.15, 0.2) is 15.6 Å². The number of ketones is 1. The first-order valence-electron chi connectivity index (χ1n) is 6.95. The summed E-state index contributed by atoms with van der Waals surface area (Å²) in [5.74, 6) is 0.209. The van der Waals surface area contributed by atoms with E-state index in [0.717, 1.165) is 11.8 Å². The molecule has 2 rings (SSSR count). The van der Waals surface area contributed by atoms with Crippen LogP contribution in [0.5, 0.6) is 5.75 Å². The summed E-state index contributed by atoms with van der Waals surface area (Å²) < 4.78 is 29.0. The van der Waals surface area contributed by atoms with E-state index in [1.165, 1.54) is 0 Å². The summed E-state index contributed by atoms with van der Waals surface area (Å²) >= 11 is 3.12. The SMILES string of the molecule is CS(=O)(=O)Cc1cc(C(=O)CBr)ccc1OCc1ccccc1. The predicted molar refractivity (Wildman–Crippen MR) is 93.9 cm³/mol. The van der Waals surface area contributed by atoms with Gasteiger partial charge in [-0.2, -0.15) is 0 Å². The maximum atomic E-state index is 11.8. The molecule has 0 radical (unpaired) electrons. The van der Waals surface area contributed by atoms with E-state index in [2.05, 4.69) is 15.9 Å². The molecule has 23 heavy (non-hydrogen) atoms. The van der Waals surface area contributed by atoms with Gasteiger partial charge in [-0.05, 0) is 23.8 Å². The zero-order valence-electron chi connectivity index (χ0n) is 12.7. The quantitative estimate of drug-likeness (QED) is 0.531. The molecule has 0 atom stereocenters. The molecule has 0 aromatic heterocycles. The Morgan fingerprint density at radius 2 is 1.83 bits per heavy atom. The number of benzene rings is 2. The topological polar surface area (TPSA) is 60.4 Å². The lowest BCUT2D eigenvalue weighted by atomic mass is 10.1. The number of alkyl halides is 1. The van der Waals surface area contributed by atoms with Gasteiger partial charge < -0.3 is 4.74 Å². The van der Waals surface area contributed by atoms with Gasteiger partial charge in [0, 0.05) is 17.4 Å². The van der Waals surface area contributed by atoms with Crippen LogP contribution >= 0.6 is 15.9 Å². The van der Waals surface area contributed by atoms with Gasteiger partial charge in [0.25, 0.3) is 0 Å². The van der Waals surface area contributed by atoms with Gasteiger partial charge in [-0.15, -0.1) is 0 Å². The third-order valence-corrected chi connectivity index (χ3v) is 4.50. The summed E-state index contributed by atoms with van der Waals surface area (Å²) in [7, 11) is -3.23. The molecule has 2 aromatic rings. The monoisotopic (exact) mass is 396 g/mol. The van der Waals surface area contributed by atoms with Crippen LogP contribution in [-0.4, -0.2) is 25.8 Å². The molecule has 0 bridgehead atoms. The highest BCUT2D eigenvalue weighted by Gasteiger charge is 2.14. The molecule has 0 N–H and O–H groups in total. The van der Waals surface area contributed by atoms with Crippen LogP contribution in [0.3, 0.4) is 0 Å². The average molecular weight is 397 g/mol. The zero-order chi connectivity index (χ0) is 16.9. The number of ether oxygens (including phenoxy) is 1. The van der Waals surface area contributed by atoms with Gasteiger partial charge in [0.05, 0.1) is 11.1 Å². The Hall–Kier alpha value is -1.66. The van der Waals surface area contributed by atoms with Crippen molar-refractivity contribution < 1.29 is 17.9 Å². The van der Waals surface area contributed by atoms with Gasteiger partial charge in [0.2, 0.25) is 0 Å². The minimum atomic E-state index is -3.23. The van der Waals surface area contributed by atoms with Crippen molar-refractivity contribution in [2.24, 2.45) is 0 Å². The van der Waals surface area contributed by atoms with E-state index in [4.69, 9.17) is 4.74 Å². The van der Waals surface area contributed by atoms with Gasteiger partial charge in [-0.3, -0.25) is 4.79 Å². The Bertz CT molecular complexity index is 785. The lowest BCUT2D eigenvalue weighted by Crippen LogP contribution is -2.07. The van der Waals surface area contributed by atoms with Gasteiger partial charge in [0.1, 0.15) is 12.4 Å². The molecule has 0 spiro atoms. The Labute approximate surface area is 144 Å². The van der Waals surface area contributed by atoms with Crippen LogP contribution in [0.25, 0.3) is 0 Å². The van der Waals surface area contributed by atoms with Crippen LogP contribution in [-0.2, 0) is 22.2 Å². The first-order valence-corrected chi connectivity index (χ1v) is 10.1. The minimum Gasteiger partial charge on any atom is -0.489 e. The van der Waals surface area contributed by atoms with E-state index in [0.29, 0.717) is 23.5 Å². The summed E-state index contributed by atoms with van der Waals surface area (Å²) in [5, 5.41) is 0.190. The van der Waals surface area contributed by atoms with Crippen molar-refractivity contribution in [3.8, 4) is 5.75 Å². The molecular formula is C17H17BrO4S. The fourth-order valence-electron chi connectivity index (χ4n) is 2.10. The molecule has 0 unspecified atom stereocenters. The molecule has 6 heteroatoms. The number of Topliss-reactive ketones (excluding diaryl/α,β-unsaturated/α-hetero) is 1. The molecule has 2 aromatic carbocycles. The highest BCUT2D eigenvalue weighted by Crippen LogP contribution is 2.24. The average Bonchev–Trinajstić information content (AvgIpc) is 2.52. The maximum absolute atomic E-state index is 11.8. The van der Waals surface area contributed by atoms with Crippen molar-refractivity contribution in [3.05, 3.63) is 65.2 Å². The molecule has 0 heterocycles. The first kappa shape index (κ1) is 17.7. The Kier molecular flexibility index (Phi) is 5.96. The molecular weight excluding hydrogens is 380 g/mol. The first-order chi connectivity index (χ1) is 10.9. The van der Waals surface area contributed by atoms with Crippen molar-refractivity contribution in [3.63, 3.8) is 0 Å². The summed E-state index contributed by atoms with van der Waals surface area (Å²) in [6.07, 6.45) is 1.16. The largest absolute Gasteiger partial charge is 0.489 e. The van der Waals surface area contributed by atoms with E-state index >= 15 is 0 Å². The number of sulfone groups is 1.